The Hall–Kier alpha value is -4.63. The molecule has 0 spiro atoms. The van der Waals surface area contributed by atoms with E-state index in [9.17, 15) is 10.1 Å². The van der Waals surface area contributed by atoms with Gasteiger partial charge >= 0.3 is 0 Å². The number of para-hydroxylation sites is 1. The molecule has 0 aliphatic heterocycles. The molecule has 6 nitrogen and oxygen atoms in total. The van der Waals surface area contributed by atoms with Crippen molar-refractivity contribution < 1.29 is 9.53 Å². The fourth-order valence-corrected chi connectivity index (χ4v) is 4.83. The lowest BCUT2D eigenvalue weighted by atomic mass is 9.95. The smallest absolute Gasteiger partial charge is 0.262 e. The molecule has 1 aromatic heterocycles. The zero-order valence-electron chi connectivity index (χ0n) is 22.1. The number of rotatable bonds is 8. The summed E-state index contributed by atoms with van der Waals surface area (Å²) >= 11 is 0. The summed E-state index contributed by atoms with van der Waals surface area (Å²) in [4.78, 5) is 13.0. The van der Waals surface area contributed by atoms with E-state index < -0.39 is 0 Å². The van der Waals surface area contributed by atoms with Gasteiger partial charge < -0.3 is 10.1 Å². The zero-order valence-corrected chi connectivity index (χ0v) is 22.1. The SMILES string of the molecule is Cc1ccc(COc2cccc(-c3nn(-c4ccccc4)cc3/C=C(/C#N)C(=O)NC3CCCCC3)c2)cc1. The number of aromatic nitrogens is 2. The number of benzene rings is 3. The predicted octanol–water partition coefficient (Wildman–Crippen LogP) is 6.78. The van der Waals surface area contributed by atoms with Crippen LogP contribution in [0.1, 0.15) is 48.8 Å². The van der Waals surface area contributed by atoms with Crippen LogP contribution in [0.2, 0.25) is 0 Å². The van der Waals surface area contributed by atoms with Crippen LogP contribution in [0.15, 0.2) is 90.6 Å². The molecule has 0 radical (unpaired) electrons. The van der Waals surface area contributed by atoms with Gasteiger partial charge in [0.15, 0.2) is 0 Å². The summed E-state index contributed by atoms with van der Waals surface area (Å²) in [5.74, 6) is 0.380. The van der Waals surface area contributed by atoms with Gasteiger partial charge in [-0.15, -0.1) is 0 Å². The Morgan fingerprint density at radius 1 is 1.05 bits per heavy atom. The molecule has 1 heterocycles. The van der Waals surface area contributed by atoms with E-state index in [4.69, 9.17) is 9.84 Å². The Balaban J connectivity index is 1.45. The van der Waals surface area contributed by atoms with Crippen LogP contribution < -0.4 is 10.1 Å². The van der Waals surface area contributed by atoms with Gasteiger partial charge in [-0.3, -0.25) is 4.79 Å². The minimum Gasteiger partial charge on any atom is -0.489 e. The van der Waals surface area contributed by atoms with Crippen LogP contribution in [-0.2, 0) is 11.4 Å². The molecule has 3 aromatic carbocycles. The summed E-state index contributed by atoms with van der Waals surface area (Å²) in [7, 11) is 0. The Kier molecular flexibility index (Phi) is 8.18. The number of nitrogens with one attached hydrogen (secondary N) is 1. The van der Waals surface area contributed by atoms with Crippen LogP contribution in [-0.4, -0.2) is 21.7 Å². The van der Waals surface area contributed by atoms with Gasteiger partial charge in [-0.25, -0.2) is 4.68 Å². The molecule has 1 aliphatic carbocycles. The highest BCUT2D eigenvalue weighted by molar-refractivity contribution is 6.02. The number of carbonyl (C=O) groups excluding carboxylic acids is 1. The minimum atomic E-state index is -0.335. The summed E-state index contributed by atoms with van der Waals surface area (Å²) in [6, 6.07) is 28.0. The molecule has 0 saturated heterocycles. The van der Waals surface area contributed by atoms with Crippen LogP contribution in [0.5, 0.6) is 5.75 Å². The van der Waals surface area contributed by atoms with Gasteiger partial charge in [0.1, 0.15) is 29.7 Å². The van der Waals surface area contributed by atoms with Gasteiger partial charge in [0, 0.05) is 23.4 Å². The molecular weight excluding hydrogens is 484 g/mol. The Bertz CT molecular complexity index is 1490. The predicted molar refractivity (Wildman–Crippen MR) is 153 cm³/mol. The first kappa shape index (κ1) is 26.0. The largest absolute Gasteiger partial charge is 0.489 e. The third-order valence-electron chi connectivity index (χ3n) is 7.00. The van der Waals surface area contributed by atoms with Gasteiger partial charge in [-0.05, 0) is 55.7 Å². The molecule has 5 rings (SSSR count). The molecule has 1 amide bonds. The maximum absolute atomic E-state index is 13.0. The molecular formula is C33H32N4O2. The van der Waals surface area contributed by atoms with Crippen molar-refractivity contribution in [2.24, 2.45) is 0 Å². The second kappa shape index (κ2) is 12.3. The second-order valence-electron chi connectivity index (χ2n) is 9.99. The molecule has 0 unspecified atom stereocenters. The number of aryl methyl sites for hydroxylation is 1. The minimum absolute atomic E-state index is 0.0706. The van der Waals surface area contributed by atoms with E-state index in [2.05, 4.69) is 42.6 Å². The maximum atomic E-state index is 13.0. The lowest BCUT2D eigenvalue weighted by Crippen LogP contribution is -2.36. The highest BCUT2D eigenvalue weighted by atomic mass is 16.5. The molecule has 1 N–H and O–H groups in total. The topological polar surface area (TPSA) is 79.9 Å². The van der Waals surface area contributed by atoms with Crippen LogP contribution in [0.4, 0.5) is 0 Å². The lowest BCUT2D eigenvalue weighted by molar-refractivity contribution is -0.117. The summed E-state index contributed by atoms with van der Waals surface area (Å²) in [6.07, 6.45) is 8.81. The van der Waals surface area contributed by atoms with Crippen LogP contribution in [0.3, 0.4) is 0 Å². The van der Waals surface area contributed by atoms with Crippen molar-refractivity contribution in [3.8, 4) is 28.8 Å². The van der Waals surface area contributed by atoms with Crippen LogP contribution in [0.25, 0.3) is 23.0 Å². The second-order valence-corrected chi connectivity index (χ2v) is 9.99. The third kappa shape index (κ3) is 6.63. The van der Waals surface area contributed by atoms with E-state index in [1.54, 1.807) is 10.8 Å². The van der Waals surface area contributed by atoms with E-state index in [0.717, 1.165) is 42.5 Å². The standard InChI is InChI=1S/C33H32N4O2/c1-24-15-17-25(18-16-24)23-39-31-14-8-9-26(20-31)32-28(22-37(36-32)30-12-6-3-7-13-30)19-27(21-34)33(38)35-29-10-4-2-5-11-29/h3,6-9,12-20,22,29H,2,4-5,10-11,23H2,1H3,(H,35,38)/b27-19-. The number of hydrogen-bond acceptors (Lipinski definition) is 4. The maximum Gasteiger partial charge on any atom is 0.262 e. The van der Waals surface area contributed by atoms with Crippen molar-refractivity contribution in [3.63, 3.8) is 0 Å². The van der Waals surface area contributed by atoms with E-state index in [1.165, 1.54) is 12.0 Å². The molecule has 1 aliphatic rings. The molecule has 0 bridgehead atoms. The highest BCUT2D eigenvalue weighted by Crippen LogP contribution is 2.29. The number of ether oxygens (including phenoxy) is 1. The van der Waals surface area contributed by atoms with Gasteiger partial charge in [0.05, 0.1) is 5.69 Å². The lowest BCUT2D eigenvalue weighted by Gasteiger charge is -2.22. The summed E-state index contributed by atoms with van der Waals surface area (Å²) < 4.78 is 7.86. The number of nitrogens with zero attached hydrogens (tertiary/aromatic N) is 3. The van der Waals surface area contributed by atoms with Crippen molar-refractivity contribution in [1.29, 1.82) is 5.26 Å². The Labute approximate surface area is 229 Å². The van der Waals surface area contributed by atoms with E-state index in [0.29, 0.717) is 23.6 Å². The van der Waals surface area contributed by atoms with E-state index in [-0.39, 0.29) is 17.5 Å². The average molecular weight is 517 g/mol. The monoisotopic (exact) mass is 516 g/mol. The summed E-state index contributed by atoms with van der Waals surface area (Å²) in [6.45, 7) is 2.51. The fourth-order valence-electron chi connectivity index (χ4n) is 4.83. The van der Waals surface area contributed by atoms with Crippen molar-refractivity contribution in [3.05, 3.63) is 107 Å². The van der Waals surface area contributed by atoms with E-state index >= 15 is 0 Å². The average Bonchev–Trinajstić information content (AvgIpc) is 3.41. The summed E-state index contributed by atoms with van der Waals surface area (Å²) in [5.41, 5.74) is 5.44. The number of nitriles is 1. The first-order chi connectivity index (χ1) is 19.1. The number of hydrogen-bond donors (Lipinski definition) is 1. The first-order valence-corrected chi connectivity index (χ1v) is 13.5. The normalized spacial score (nSPS) is 14.0. The Morgan fingerprint density at radius 3 is 2.56 bits per heavy atom. The number of carbonyl (C=O) groups is 1. The Morgan fingerprint density at radius 2 is 1.82 bits per heavy atom. The molecule has 1 fully saturated rings. The third-order valence-corrected chi connectivity index (χ3v) is 7.00. The molecule has 39 heavy (non-hydrogen) atoms. The highest BCUT2D eigenvalue weighted by Gasteiger charge is 2.20. The number of amides is 1. The van der Waals surface area contributed by atoms with Gasteiger partial charge in [0.2, 0.25) is 0 Å². The van der Waals surface area contributed by atoms with Crippen molar-refractivity contribution in [1.82, 2.24) is 15.1 Å². The van der Waals surface area contributed by atoms with Crippen LogP contribution >= 0.6 is 0 Å². The van der Waals surface area contributed by atoms with Gasteiger partial charge in [0.25, 0.3) is 5.91 Å². The zero-order chi connectivity index (χ0) is 27.0. The molecule has 1 saturated carbocycles. The van der Waals surface area contributed by atoms with Crippen LogP contribution in [0, 0.1) is 18.3 Å². The van der Waals surface area contributed by atoms with Gasteiger partial charge in [-0.1, -0.05) is 79.4 Å². The van der Waals surface area contributed by atoms with Crippen molar-refractivity contribution in [2.45, 2.75) is 51.7 Å². The van der Waals surface area contributed by atoms with Crippen molar-refractivity contribution in [2.75, 3.05) is 0 Å². The van der Waals surface area contributed by atoms with Crippen molar-refractivity contribution >= 4 is 12.0 Å². The molecule has 4 aromatic rings. The quantitative estimate of drug-likeness (QED) is 0.207. The van der Waals surface area contributed by atoms with E-state index in [1.807, 2.05) is 60.8 Å². The first-order valence-electron chi connectivity index (χ1n) is 13.5. The summed E-state index contributed by atoms with van der Waals surface area (Å²) in [5, 5.41) is 17.8. The molecule has 6 heteroatoms. The molecule has 196 valence electrons. The van der Waals surface area contributed by atoms with Gasteiger partial charge in [-0.2, -0.15) is 10.4 Å². The molecule has 0 atom stereocenters. The fraction of sp³-hybridized carbons (Fsp3) is 0.242.